The Morgan fingerprint density at radius 1 is 1.42 bits per heavy atom. The molecule has 2 unspecified atom stereocenters. The van der Waals surface area contributed by atoms with E-state index in [2.05, 4.69) is 52.1 Å². The van der Waals surface area contributed by atoms with Crippen LogP contribution in [0.5, 0.6) is 5.75 Å². The minimum atomic E-state index is 0.656. The van der Waals surface area contributed by atoms with Gasteiger partial charge in [0.25, 0.3) is 0 Å². The molecule has 1 saturated carbocycles. The van der Waals surface area contributed by atoms with Gasteiger partial charge in [0.1, 0.15) is 5.75 Å². The first kappa shape index (κ1) is 15.2. The zero-order valence-corrected chi connectivity index (χ0v) is 14.0. The molecule has 0 amide bonds. The summed E-state index contributed by atoms with van der Waals surface area (Å²) in [6.07, 6.45) is 4.02. The smallest absolute Gasteiger partial charge is 0.119 e. The van der Waals surface area contributed by atoms with Crippen molar-refractivity contribution in [1.29, 1.82) is 0 Å². The summed E-state index contributed by atoms with van der Waals surface area (Å²) < 4.78 is 6.44. The Hall–Kier alpha value is -0.190. The molecule has 1 aromatic rings. The Bertz CT molecular complexity index is 413. The van der Waals surface area contributed by atoms with E-state index in [1.807, 2.05) is 6.07 Å². The molecular formula is C15H22BrNOS. The van der Waals surface area contributed by atoms with E-state index < -0.39 is 0 Å². The van der Waals surface area contributed by atoms with Gasteiger partial charge < -0.3 is 10.1 Å². The van der Waals surface area contributed by atoms with Crippen LogP contribution in [0.15, 0.2) is 22.7 Å². The van der Waals surface area contributed by atoms with Gasteiger partial charge in [0, 0.05) is 22.3 Å². The molecule has 0 radical (unpaired) electrons. The van der Waals surface area contributed by atoms with Gasteiger partial charge in [0.05, 0.1) is 7.11 Å². The average Bonchev–Trinajstić information content (AvgIpc) is 2.86. The summed E-state index contributed by atoms with van der Waals surface area (Å²) in [5.41, 5.74) is 1.27. The first-order valence-corrected chi connectivity index (χ1v) is 8.76. The Labute approximate surface area is 128 Å². The molecule has 1 aromatic carbocycles. The summed E-state index contributed by atoms with van der Waals surface area (Å²) in [5, 5.41) is 4.51. The molecule has 4 heteroatoms. The number of ether oxygens (including phenoxy) is 1. The number of hydrogen-bond acceptors (Lipinski definition) is 3. The van der Waals surface area contributed by atoms with Crippen LogP contribution in [0, 0.1) is 0 Å². The Kier molecular flexibility index (Phi) is 6.05. The molecule has 0 spiro atoms. The molecule has 1 N–H and O–H groups in total. The molecule has 1 aliphatic carbocycles. The molecular weight excluding hydrogens is 322 g/mol. The molecule has 0 bridgehead atoms. The van der Waals surface area contributed by atoms with Crippen LogP contribution in [-0.4, -0.2) is 24.2 Å². The highest BCUT2D eigenvalue weighted by Crippen LogP contribution is 2.30. The molecule has 0 aromatic heterocycles. The summed E-state index contributed by atoms with van der Waals surface area (Å²) in [4.78, 5) is 0. The van der Waals surface area contributed by atoms with E-state index in [-0.39, 0.29) is 0 Å². The zero-order chi connectivity index (χ0) is 13.7. The van der Waals surface area contributed by atoms with Gasteiger partial charge in [-0.05, 0) is 42.4 Å². The summed E-state index contributed by atoms with van der Waals surface area (Å²) >= 11 is 5.71. The normalized spacial score (nSPS) is 22.7. The van der Waals surface area contributed by atoms with Crippen LogP contribution in [0.4, 0.5) is 0 Å². The summed E-state index contributed by atoms with van der Waals surface area (Å²) in [6.45, 7) is 3.15. The maximum atomic E-state index is 5.29. The van der Waals surface area contributed by atoms with E-state index in [1.54, 1.807) is 7.11 Å². The van der Waals surface area contributed by atoms with E-state index in [4.69, 9.17) is 4.74 Å². The molecule has 0 aliphatic heterocycles. The van der Waals surface area contributed by atoms with Crippen molar-refractivity contribution in [3.8, 4) is 5.75 Å². The highest BCUT2D eigenvalue weighted by Gasteiger charge is 2.26. The van der Waals surface area contributed by atoms with Gasteiger partial charge in [0.2, 0.25) is 0 Å². The third-order valence-electron chi connectivity index (χ3n) is 3.64. The second-order valence-corrected chi connectivity index (χ2v) is 7.24. The van der Waals surface area contributed by atoms with Crippen LogP contribution >= 0.6 is 27.7 Å². The lowest BCUT2D eigenvalue weighted by molar-refractivity contribution is 0.413. The number of methoxy groups -OCH3 is 1. The standard InChI is InChI=1S/C15H22BrNOS/c1-3-19-15-6-4-5-14(15)17-10-11-9-12(18-2)7-8-13(11)16/h7-9,14-15,17H,3-6,10H2,1-2H3. The predicted molar refractivity (Wildman–Crippen MR) is 87.1 cm³/mol. The fourth-order valence-electron chi connectivity index (χ4n) is 2.63. The highest BCUT2D eigenvalue weighted by molar-refractivity contribution is 9.10. The second kappa shape index (κ2) is 7.55. The number of thioether (sulfide) groups is 1. The number of halogens is 1. The van der Waals surface area contributed by atoms with Gasteiger partial charge in [-0.1, -0.05) is 29.3 Å². The van der Waals surface area contributed by atoms with Crippen LogP contribution in [0.2, 0.25) is 0 Å². The molecule has 0 heterocycles. The average molecular weight is 344 g/mol. The SMILES string of the molecule is CCSC1CCCC1NCc1cc(OC)ccc1Br. The summed E-state index contributed by atoms with van der Waals surface area (Å²) in [7, 11) is 1.71. The van der Waals surface area contributed by atoms with Gasteiger partial charge in [-0.3, -0.25) is 0 Å². The van der Waals surface area contributed by atoms with Crippen molar-refractivity contribution in [2.75, 3.05) is 12.9 Å². The van der Waals surface area contributed by atoms with Crippen LogP contribution in [0.25, 0.3) is 0 Å². The molecule has 2 rings (SSSR count). The molecule has 106 valence electrons. The lowest BCUT2D eigenvalue weighted by Crippen LogP contribution is -2.33. The van der Waals surface area contributed by atoms with Gasteiger partial charge in [-0.2, -0.15) is 11.8 Å². The fourth-order valence-corrected chi connectivity index (χ4v) is 4.24. The Morgan fingerprint density at radius 3 is 3.00 bits per heavy atom. The Balaban J connectivity index is 1.94. The lowest BCUT2D eigenvalue weighted by atomic mass is 10.2. The van der Waals surface area contributed by atoms with Crippen molar-refractivity contribution < 1.29 is 4.74 Å². The second-order valence-electron chi connectivity index (χ2n) is 4.87. The van der Waals surface area contributed by atoms with E-state index in [1.165, 1.54) is 30.6 Å². The van der Waals surface area contributed by atoms with E-state index in [0.717, 1.165) is 22.0 Å². The predicted octanol–water partition coefficient (Wildman–Crippen LogP) is 4.22. The number of rotatable bonds is 6. The fraction of sp³-hybridized carbons (Fsp3) is 0.600. The third-order valence-corrected chi connectivity index (χ3v) is 5.74. The first-order valence-electron chi connectivity index (χ1n) is 6.92. The van der Waals surface area contributed by atoms with Gasteiger partial charge in [-0.25, -0.2) is 0 Å². The van der Waals surface area contributed by atoms with Crippen LogP contribution in [0.3, 0.4) is 0 Å². The van der Waals surface area contributed by atoms with Crippen molar-refractivity contribution in [3.63, 3.8) is 0 Å². The number of hydrogen-bond donors (Lipinski definition) is 1. The van der Waals surface area contributed by atoms with Crippen molar-refractivity contribution >= 4 is 27.7 Å². The van der Waals surface area contributed by atoms with E-state index >= 15 is 0 Å². The van der Waals surface area contributed by atoms with Gasteiger partial charge in [0.15, 0.2) is 0 Å². The minimum Gasteiger partial charge on any atom is -0.497 e. The monoisotopic (exact) mass is 343 g/mol. The molecule has 1 aliphatic rings. The van der Waals surface area contributed by atoms with Gasteiger partial charge >= 0.3 is 0 Å². The zero-order valence-electron chi connectivity index (χ0n) is 11.6. The Morgan fingerprint density at radius 2 is 2.26 bits per heavy atom. The topological polar surface area (TPSA) is 21.3 Å². The van der Waals surface area contributed by atoms with E-state index in [0.29, 0.717) is 6.04 Å². The highest BCUT2D eigenvalue weighted by atomic mass is 79.9. The minimum absolute atomic E-state index is 0.656. The van der Waals surface area contributed by atoms with Crippen molar-refractivity contribution in [2.24, 2.45) is 0 Å². The van der Waals surface area contributed by atoms with Gasteiger partial charge in [-0.15, -0.1) is 0 Å². The quantitative estimate of drug-likeness (QED) is 0.835. The summed E-state index contributed by atoms with van der Waals surface area (Å²) in [6, 6.07) is 6.80. The first-order chi connectivity index (χ1) is 9.24. The largest absolute Gasteiger partial charge is 0.497 e. The number of nitrogens with one attached hydrogen (secondary N) is 1. The van der Waals surface area contributed by atoms with Crippen LogP contribution in [-0.2, 0) is 6.54 Å². The van der Waals surface area contributed by atoms with Crippen molar-refractivity contribution in [3.05, 3.63) is 28.2 Å². The van der Waals surface area contributed by atoms with Crippen LogP contribution in [0.1, 0.15) is 31.7 Å². The maximum absolute atomic E-state index is 5.29. The number of benzene rings is 1. The van der Waals surface area contributed by atoms with Crippen molar-refractivity contribution in [1.82, 2.24) is 5.32 Å². The molecule has 2 atom stereocenters. The van der Waals surface area contributed by atoms with Crippen molar-refractivity contribution in [2.45, 2.75) is 44.0 Å². The maximum Gasteiger partial charge on any atom is 0.119 e. The summed E-state index contributed by atoms with van der Waals surface area (Å²) in [5.74, 6) is 2.14. The molecule has 1 fully saturated rings. The third kappa shape index (κ3) is 4.14. The molecule has 2 nitrogen and oxygen atoms in total. The molecule has 19 heavy (non-hydrogen) atoms. The molecule has 0 saturated heterocycles. The van der Waals surface area contributed by atoms with E-state index in [9.17, 15) is 0 Å². The van der Waals surface area contributed by atoms with Crippen LogP contribution < -0.4 is 10.1 Å². The lowest BCUT2D eigenvalue weighted by Gasteiger charge is -2.20.